The standard InChI is InChI=1S/C12H9Cl2NO4S/c13-6-1-2-8(7(14)3-6)15-10(16)4-9(12(15)19)20-5-11(17)18/h1-3,9H,4-5H2,(H,17,18)/t9-/m1/s1. The van der Waals surface area contributed by atoms with Gasteiger partial charge in [0, 0.05) is 11.4 Å². The first kappa shape index (κ1) is 15.2. The first-order chi connectivity index (χ1) is 9.40. The lowest BCUT2D eigenvalue weighted by Crippen LogP contribution is -2.31. The Morgan fingerprint density at radius 1 is 1.40 bits per heavy atom. The van der Waals surface area contributed by atoms with E-state index in [1.54, 1.807) is 0 Å². The summed E-state index contributed by atoms with van der Waals surface area (Å²) in [5, 5.41) is 8.52. The molecular formula is C12H9Cl2NO4S. The number of imide groups is 1. The van der Waals surface area contributed by atoms with Gasteiger partial charge in [-0.1, -0.05) is 23.2 Å². The van der Waals surface area contributed by atoms with Gasteiger partial charge in [-0.05, 0) is 18.2 Å². The zero-order valence-corrected chi connectivity index (χ0v) is 12.3. The number of carbonyl (C=O) groups excluding carboxylic acids is 2. The van der Waals surface area contributed by atoms with E-state index >= 15 is 0 Å². The second kappa shape index (κ2) is 6.03. The van der Waals surface area contributed by atoms with Gasteiger partial charge >= 0.3 is 5.97 Å². The topological polar surface area (TPSA) is 74.7 Å². The fraction of sp³-hybridized carbons (Fsp3) is 0.250. The number of hydrogen-bond acceptors (Lipinski definition) is 4. The molecule has 5 nitrogen and oxygen atoms in total. The molecule has 0 unspecified atom stereocenters. The summed E-state index contributed by atoms with van der Waals surface area (Å²) in [6.07, 6.45) is -0.0320. The Bertz CT molecular complexity index is 593. The van der Waals surface area contributed by atoms with Crippen molar-refractivity contribution >= 4 is 58.4 Å². The number of nitrogens with zero attached hydrogens (tertiary/aromatic N) is 1. The van der Waals surface area contributed by atoms with Gasteiger partial charge in [0.1, 0.15) is 0 Å². The molecule has 0 spiro atoms. The summed E-state index contributed by atoms with van der Waals surface area (Å²) in [4.78, 5) is 35.6. The van der Waals surface area contributed by atoms with Gasteiger partial charge in [0.2, 0.25) is 11.8 Å². The molecule has 2 rings (SSSR count). The Morgan fingerprint density at radius 2 is 2.10 bits per heavy atom. The molecular weight excluding hydrogens is 325 g/mol. The molecule has 0 aliphatic carbocycles. The molecule has 1 aromatic rings. The number of anilines is 1. The third kappa shape index (κ3) is 3.08. The predicted molar refractivity (Wildman–Crippen MR) is 77.5 cm³/mol. The van der Waals surface area contributed by atoms with Gasteiger partial charge in [-0.3, -0.25) is 14.4 Å². The van der Waals surface area contributed by atoms with Gasteiger partial charge < -0.3 is 5.11 Å². The lowest BCUT2D eigenvalue weighted by molar-refractivity contribution is -0.134. The highest BCUT2D eigenvalue weighted by Gasteiger charge is 2.40. The zero-order chi connectivity index (χ0) is 14.9. The number of halogens is 2. The summed E-state index contributed by atoms with van der Waals surface area (Å²) in [6.45, 7) is 0. The van der Waals surface area contributed by atoms with E-state index in [1.165, 1.54) is 18.2 Å². The maximum absolute atomic E-state index is 12.2. The number of carboxylic acids is 1. The number of carboxylic acid groups (broad SMARTS) is 1. The number of amides is 2. The average molecular weight is 334 g/mol. The monoisotopic (exact) mass is 333 g/mol. The van der Waals surface area contributed by atoms with Crippen LogP contribution in [0.1, 0.15) is 6.42 Å². The molecule has 0 saturated carbocycles. The van der Waals surface area contributed by atoms with E-state index in [4.69, 9.17) is 28.3 Å². The molecule has 1 heterocycles. The Kier molecular flexibility index (Phi) is 4.57. The Labute approximate surface area is 128 Å². The molecule has 1 aliphatic heterocycles. The Morgan fingerprint density at radius 3 is 2.70 bits per heavy atom. The third-order valence-corrected chi connectivity index (χ3v) is 4.39. The number of aliphatic carboxylic acids is 1. The van der Waals surface area contributed by atoms with Crippen molar-refractivity contribution in [3.63, 3.8) is 0 Å². The second-order valence-electron chi connectivity index (χ2n) is 4.06. The van der Waals surface area contributed by atoms with Gasteiger partial charge in [0.15, 0.2) is 0 Å². The molecule has 0 radical (unpaired) electrons. The van der Waals surface area contributed by atoms with E-state index in [2.05, 4.69) is 0 Å². The highest BCUT2D eigenvalue weighted by Crippen LogP contribution is 2.35. The van der Waals surface area contributed by atoms with Crippen LogP contribution in [0.25, 0.3) is 0 Å². The third-order valence-electron chi connectivity index (χ3n) is 2.66. The molecule has 1 aromatic carbocycles. The maximum atomic E-state index is 12.2. The molecule has 106 valence electrons. The number of thioether (sulfide) groups is 1. The Hall–Kier alpha value is -1.24. The first-order valence-electron chi connectivity index (χ1n) is 5.55. The highest BCUT2D eigenvalue weighted by molar-refractivity contribution is 8.01. The van der Waals surface area contributed by atoms with Crippen molar-refractivity contribution in [2.75, 3.05) is 10.7 Å². The van der Waals surface area contributed by atoms with Crippen LogP contribution in [0, 0.1) is 0 Å². The van der Waals surface area contributed by atoms with Crippen LogP contribution in [0.3, 0.4) is 0 Å². The fourth-order valence-electron chi connectivity index (χ4n) is 1.82. The normalized spacial score (nSPS) is 18.7. The average Bonchev–Trinajstić information content (AvgIpc) is 2.63. The van der Waals surface area contributed by atoms with Crippen molar-refractivity contribution in [2.24, 2.45) is 0 Å². The lowest BCUT2D eigenvalue weighted by atomic mass is 10.3. The molecule has 20 heavy (non-hydrogen) atoms. The first-order valence-corrected chi connectivity index (χ1v) is 7.36. The largest absolute Gasteiger partial charge is 0.481 e. The molecule has 2 amide bonds. The van der Waals surface area contributed by atoms with Crippen molar-refractivity contribution in [1.29, 1.82) is 0 Å². The van der Waals surface area contributed by atoms with Crippen molar-refractivity contribution in [1.82, 2.24) is 0 Å². The number of benzene rings is 1. The van der Waals surface area contributed by atoms with Gasteiger partial charge in [-0.15, -0.1) is 11.8 Å². The van der Waals surface area contributed by atoms with Crippen molar-refractivity contribution in [3.05, 3.63) is 28.2 Å². The number of carbonyl (C=O) groups is 3. The van der Waals surface area contributed by atoms with E-state index in [1.807, 2.05) is 0 Å². The van der Waals surface area contributed by atoms with Gasteiger partial charge in [-0.2, -0.15) is 0 Å². The maximum Gasteiger partial charge on any atom is 0.313 e. The molecule has 1 saturated heterocycles. The summed E-state index contributed by atoms with van der Waals surface area (Å²) in [5.41, 5.74) is 0.268. The SMILES string of the molecule is O=C(O)CS[C@@H]1CC(=O)N(c2ccc(Cl)cc2Cl)C1=O. The van der Waals surface area contributed by atoms with Crippen LogP contribution in [-0.2, 0) is 14.4 Å². The molecule has 0 aromatic heterocycles. The van der Waals surface area contributed by atoms with Gasteiger partial charge in [-0.25, -0.2) is 4.90 Å². The minimum Gasteiger partial charge on any atom is -0.481 e. The van der Waals surface area contributed by atoms with E-state index in [9.17, 15) is 14.4 Å². The van der Waals surface area contributed by atoms with Gasteiger partial charge in [0.25, 0.3) is 0 Å². The van der Waals surface area contributed by atoms with Gasteiger partial charge in [0.05, 0.1) is 21.7 Å². The minimum absolute atomic E-state index is 0.0320. The van der Waals surface area contributed by atoms with Crippen LogP contribution in [-0.4, -0.2) is 33.9 Å². The molecule has 1 fully saturated rings. The summed E-state index contributed by atoms with van der Waals surface area (Å²) in [7, 11) is 0. The van der Waals surface area contributed by atoms with Crippen molar-refractivity contribution in [3.8, 4) is 0 Å². The van der Waals surface area contributed by atoms with E-state index in [0.717, 1.165) is 16.7 Å². The summed E-state index contributed by atoms with van der Waals surface area (Å²) < 4.78 is 0. The summed E-state index contributed by atoms with van der Waals surface area (Å²) in [6, 6.07) is 4.46. The van der Waals surface area contributed by atoms with Crippen molar-refractivity contribution < 1.29 is 19.5 Å². The van der Waals surface area contributed by atoms with E-state index in [0.29, 0.717) is 5.02 Å². The number of hydrogen-bond donors (Lipinski definition) is 1. The van der Waals surface area contributed by atoms with E-state index in [-0.39, 0.29) is 22.9 Å². The molecule has 0 bridgehead atoms. The van der Waals surface area contributed by atoms with Crippen molar-refractivity contribution in [2.45, 2.75) is 11.7 Å². The van der Waals surface area contributed by atoms with Crippen LogP contribution in [0.4, 0.5) is 5.69 Å². The lowest BCUT2D eigenvalue weighted by Gasteiger charge is -2.16. The molecule has 1 N–H and O–H groups in total. The van der Waals surface area contributed by atoms with Crippen LogP contribution in [0.5, 0.6) is 0 Å². The highest BCUT2D eigenvalue weighted by atomic mass is 35.5. The number of rotatable bonds is 4. The molecule has 8 heteroatoms. The summed E-state index contributed by atoms with van der Waals surface area (Å²) in [5.74, 6) is -2.11. The fourth-order valence-corrected chi connectivity index (χ4v) is 3.17. The van der Waals surface area contributed by atoms with Crippen LogP contribution in [0.15, 0.2) is 18.2 Å². The molecule has 1 aliphatic rings. The van der Waals surface area contributed by atoms with Crippen LogP contribution < -0.4 is 4.90 Å². The Balaban J connectivity index is 2.22. The second-order valence-corrected chi connectivity index (χ2v) is 6.10. The van der Waals surface area contributed by atoms with Crippen LogP contribution in [0.2, 0.25) is 10.0 Å². The van der Waals surface area contributed by atoms with Crippen LogP contribution >= 0.6 is 35.0 Å². The predicted octanol–water partition coefficient (Wildman–Crippen LogP) is 2.44. The zero-order valence-electron chi connectivity index (χ0n) is 10.0. The van der Waals surface area contributed by atoms with E-state index < -0.39 is 23.0 Å². The molecule has 1 atom stereocenters. The summed E-state index contributed by atoms with van der Waals surface area (Å²) >= 11 is 12.7. The smallest absolute Gasteiger partial charge is 0.313 e. The quantitative estimate of drug-likeness (QED) is 0.856. The minimum atomic E-state index is -1.03.